The molecule has 0 spiro atoms. The van der Waals surface area contributed by atoms with Gasteiger partial charge < -0.3 is 14.8 Å². The molecule has 29 heavy (non-hydrogen) atoms. The van der Waals surface area contributed by atoms with E-state index in [0.717, 1.165) is 38.9 Å². The number of nitrogens with zero attached hydrogens (tertiary/aromatic N) is 2. The third-order valence-corrected chi connectivity index (χ3v) is 7.03. The van der Waals surface area contributed by atoms with E-state index in [4.69, 9.17) is 19.4 Å². The van der Waals surface area contributed by atoms with Crippen molar-refractivity contribution < 1.29 is 9.47 Å². The molecule has 1 saturated carbocycles. The van der Waals surface area contributed by atoms with E-state index in [1.165, 1.54) is 42.5 Å². The van der Waals surface area contributed by atoms with E-state index < -0.39 is 0 Å². The molecule has 1 aliphatic rings. The SMILES string of the molecule is COc1ccc(CNc2nc(C3CCCCC3)nc3sc(C)c(C)c23)cc1OC. The first-order valence-electron chi connectivity index (χ1n) is 10.3. The van der Waals surface area contributed by atoms with Gasteiger partial charge in [0.05, 0.1) is 19.6 Å². The molecule has 1 fully saturated rings. The summed E-state index contributed by atoms with van der Waals surface area (Å²) in [5.74, 6) is 3.92. The van der Waals surface area contributed by atoms with Gasteiger partial charge in [-0.1, -0.05) is 25.3 Å². The Balaban J connectivity index is 1.66. The van der Waals surface area contributed by atoms with Crippen LogP contribution in [-0.4, -0.2) is 24.2 Å². The lowest BCUT2D eigenvalue weighted by Gasteiger charge is -2.21. The van der Waals surface area contributed by atoms with E-state index in [1.807, 2.05) is 12.1 Å². The maximum Gasteiger partial charge on any atom is 0.161 e. The molecule has 2 heterocycles. The van der Waals surface area contributed by atoms with E-state index in [0.29, 0.717) is 12.5 Å². The molecule has 0 bridgehead atoms. The Labute approximate surface area is 176 Å². The summed E-state index contributed by atoms with van der Waals surface area (Å²) in [5, 5.41) is 4.75. The smallest absolute Gasteiger partial charge is 0.161 e. The van der Waals surface area contributed by atoms with Gasteiger partial charge in [0.15, 0.2) is 11.5 Å². The van der Waals surface area contributed by atoms with Crippen LogP contribution in [0.15, 0.2) is 18.2 Å². The van der Waals surface area contributed by atoms with Gasteiger partial charge >= 0.3 is 0 Å². The fourth-order valence-electron chi connectivity index (χ4n) is 4.11. The number of nitrogens with one attached hydrogen (secondary N) is 1. The van der Waals surface area contributed by atoms with E-state index in [-0.39, 0.29) is 0 Å². The van der Waals surface area contributed by atoms with Crippen LogP contribution in [0.2, 0.25) is 0 Å². The van der Waals surface area contributed by atoms with Crippen LogP contribution in [0.1, 0.15) is 59.9 Å². The molecule has 6 heteroatoms. The Morgan fingerprint density at radius 1 is 1.03 bits per heavy atom. The predicted octanol–water partition coefficient (Wildman–Crippen LogP) is 5.99. The van der Waals surface area contributed by atoms with Crippen LogP contribution in [0.25, 0.3) is 10.2 Å². The minimum Gasteiger partial charge on any atom is -0.493 e. The minimum atomic E-state index is 0.484. The van der Waals surface area contributed by atoms with E-state index in [9.17, 15) is 0 Å². The molecule has 4 rings (SSSR count). The number of hydrogen-bond acceptors (Lipinski definition) is 6. The Morgan fingerprint density at radius 2 is 1.79 bits per heavy atom. The summed E-state index contributed by atoms with van der Waals surface area (Å²) in [6, 6.07) is 6.01. The van der Waals surface area contributed by atoms with E-state index in [1.54, 1.807) is 25.6 Å². The van der Waals surface area contributed by atoms with Crippen molar-refractivity contribution in [2.24, 2.45) is 0 Å². The number of anilines is 1. The largest absolute Gasteiger partial charge is 0.493 e. The van der Waals surface area contributed by atoms with Crippen molar-refractivity contribution in [3.8, 4) is 11.5 Å². The fraction of sp³-hybridized carbons (Fsp3) is 0.478. The molecule has 0 aliphatic heterocycles. The highest BCUT2D eigenvalue weighted by Gasteiger charge is 2.22. The van der Waals surface area contributed by atoms with Crippen LogP contribution in [-0.2, 0) is 6.54 Å². The van der Waals surface area contributed by atoms with E-state index in [2.05, 4.69) is 25.2 Å². The van der Waals surface area contributed by atoms with Crippen LogP contribution in [0.3, 0.4) is 0 Å². The highest BCUT2D eigenvalue weighted by molar-refractivity contribution is 7.18. The second-order valence-electron chi connectivity index (χ2n) is 7.77. The van der Waals surface area contributed by atoms with Crippen molar-refractivity contribution in [1.82, 2.24) is 9.97 Å². The zero-order valence-corrected chi connectivity index (χ0v) is 18.5. The first-order valence-corrected chi connectivity index (χ1v) is 11.1. The lowest BCUT2D eigenvalue weighted by atomic mass is 9.88. The molecule has 1 aliphatic carbocycles. The predicted molar refractivity (Wildman–Crippen MR) is 120 cm³/mol. The van der Waals surface area contributed by atoms with Gasteiger partial charge in [-0.05, 0) is 49.9 Å². The average molecular weight is 412 g/mol. The van der Waals surface area contributed by atoms with Gasteiger partial charge in [0.1, 0.15) is 16.5 Å². The number of hydrogen-bond donors (Lipinski definition) is 1. The first kappa shape index (κ1) is 20.0. The van der Waals surface area contributed by atoms with Crippen molar-refractivity contribution in [2.75, 3.05) is 19.5 Å². The molecule has 3 aromatic rings. The lowest BCUT2D eigenvalue weighted by Crippen LogP contribution is -2.11. The third-order valence-electron chi connectivity index (χ3n) is 5.92. The molecular formula is C23H29N3O2S. The van der Waals surface area contributed by atoms with E-state index >= 15 is 0 Å². The molecule has 2 aromatic heterocycles. The first-order chi connectivity index (χ1) is 14.1. The summed E-state index contributed by atoms with van der Waals surface area (Å²) < 4.78 is 10.8. The summed E-state index contributed by atoms with van der Waals surface area (Å²) >= 11 is 1.78. The summed E-state index contributed by atoms with van der Waals surface area (Å²) in [4.78, 5) is 12.4. The lowest BCUT2D eigenvalue weighted by molar-refractivity contribution is 0.354. The van der Waals surface area contributed by atoms with Gasteiger partial charge in [-0.2, -0.15) is 0 Å². The maximum absolute atomic E-state index is 5.44. The molecule has 1 aromatic carbocycles. The molecule has 0 radical (unpaired) electrons. The van der Waals surface area contributed by atoms with Crippen molar-refractivity contribution in [1.29, 1.82) is 0 Å². The number of rotatable bonds is 6. The monoisotopic (exact) mass is 411 g/mol. The molecule has 0 atom stereocenters. The standard InChI is InChI=1S/C23H29N3O2S/c1-14-15(2)29-23-20(14)22(25-21(26-23)17-8-6-5-7-9-17)24-13-16-10-11-18(27-3)19(12-16)28-4/h10-12,17H,5-9,13H2,1-4H3,(H,24,25,26). The van der Waals surface area contributed by atoms with Crippen LogP contribution in [0.5, 0.6) is 11.5 Å². The van der Waals surface area contributed by atoms with Gasteiger partial charge in [-0.3, -0.25) is 0 Å². The van der Waals surface area contributed by atoms with Gasteiger partial charge in [-0.25, -0.2) is 9.97 Å². The quantitative estimate of drug-likeness (QED) is 0.540. The molecule has 5 nitrogen and oxygen atoms in total. The van der Waals surface area contributed by atoms with Gasteiger partial charge in [-0.15, -0.1) is 11.3 Å². The van der Waals surface area contributed by atoms with Gasteiger partial charge in [0.25, 0.3) is 0 Å². The Kier molecular flexibility index (Phi) is 5.90. The highest BCUT2D eigenvalue weighted by Crippen LogP contribution is 2.37. The maximum atomic E-state index is 5.44. The van der Waals surface area contributed by atoms with Crippen LogP contribution in [0.4, 0.5) is 5.82 Å². The van der Waals surface area contributed by atoms with Crippen LogP contribution in [0, 0.1) is 13.8 Å². The van der Waals surface area contributed by atoms with Crippen molar-refractivity contribution in [2.45, 2.75) is 58.4 Å². The van der Waals surface area contributed by atoms with Crippen molar-refractivity contribution in [3.05, 3.63) is 40.0 Å². The summed E-state index contributed by atoms with van der Waals surface area (Å²) in [6.07, 6.45) is 6.29. The zero-order chi connectivity index (χ0) is 20.4. The normalized spacial score (nSPS) is 14.9. The number of methoxy groups -OCH3 is 2. The zero-order valence-electron chi connectivity index (χ0n) is 17.7. The Morgan fingerprint density at radius 3 is 2.52 bits per heavy atom. The van der Waals surface area contributed by atoms with Crippen LogP contribution >= 0.6 is 11.3 Å². The van der Waals surface area contributed by atoms with Crippen molar-refractivity contribution >= 4 is 27.4 Å². The summed E-state index contributed by atoms with van der Waals surface area (Å²) in [6.45, 7) is 5.00. The minimum absolute atomic E-state index is 0.484. The number of aromatic nitrogens is 2. The number of benzene rings is 1. The molecule has 0 unspecified atom stereocenters. The molecule has 154 valence electrons. The second kappa shape index (κ2) is 8.57. The average Bonchev–Trinajstić information content (AvgIpc) is 3.06. The molecule has 0 amide bonds. The molecular weight excluding hydrogens is 382 g/mol. The highest BCUT2D eigenvalue weighted by atomic mass is 32.1. The molecule has 1 N–H and O–H groups in total. The Hall–Kier alpha value is -2.34. The number of aryl methyl sites for hydroxylation is 2. The number of ether oxygens (including phenoxy) is 2. The molecule has 0 saturated heterocycles. The van der Waals surface area contributed by atoms with Crippen LogP contribution < -0.4 is 14.8 Å². The van der Waals surface area contributed by atoms with Gasteiger partial charge in [0.2, 0.25) is 0 Å². The topological polar surface area (TPSA) is 56.3 Å². The number of thiophene rings is 1. The Bertz CT molecular complexity index is 1010. The van der Waals surface area contributed by atoms with Gasteiger partial charge in [0, 0.05) is 17.3 Å². The van der Waals surface area contributed by atoms with Crippen molar-refractivity contribution in [3.63, 3.8) is 0 Å². The third kappa shape index (κ3) is 4.04. The number of fused-ring (bicyclic) bond motifs is 1. The summed E-state index contributed by atoms with van der Waals surface area (Å²) in [7, 11) is 3.32. The summed E-state index contributed by atoms with van der Waals surface area (Å²) in [5.41, 5.74) is 2.40. The second-order valence-corrected chi connectivity index (χ2v) is 8.97. The fourth-order valence-corrected chi connectivity index (χ4v) is 5.15.